The van der Waals surface area contributed by atoms with Gasteiger partial charge in [0.1, 0.15) is 5.82 Å². The number of halogens is 1. The summed E-state index contributed by atoms with van der Waals surface area (Å²) < 4.78 is 0. The lowest BCUT2D eigenvalue weighted by Crippen LogP contribution is -2.49. The molecule has 7 nitrogen and oxygen atoms in total. The number of hydrogen-bond acceptors (Lipinski definition) is 5. The molecule has 2 aliphatic rings. The summed E-state index contributed by atoms with van der Waals surface area (Å²) in [6, 6.07) is 17.6. The summed E-state index contributed by atoms with van der Waals surface area (Å²) in [6.07, 6.45) is 1.62. The van der Waals surface area contributed by atoms with Crippen LogP contribution in [0, 0.1) is 0 Å². The van der Waals surface area contributed by atoms with Crippen molar-refractivity contribution in [1.82, 2.24) is 14.8 Å². The van der Waals surface area contributed by atoms with Gasteiger partial charge in [0.15, 0.2) is 0 Å². The van der Waals surface area contributed by atoms with Crippen LogP contribution in [-0.4, -0.2) is 58.7 Å². The fourth-order valence-electron chi connectivity index (χ4n) is 4.24. The third-order valence-electron chi connectivity index (χ3n) is 6.00. The fourth-order valence-corrected chi connectivity index (χ4v) is 4.36. The van der Waals surface area contributed by atoms with Crippen molar-refractivity contribution in [2.24, 2.45) is 0 Å². The molecule has 1 saturated heterocycles. The zero-order valence-electron chi connectivity index (χ0n) is 17.8. The largest absolute Gasteiger partial charge is 0.353 e. The number of amides is 3. The normalized spacial score (nSPS) is 15.7. The molecule has 3 aromatic rings. The summed E-state index contributed by atoms with van der Waals surface area (Å²) in [5.41, 5.74) is 2.12. The number of piperazine rings is 1. The van der Waals surface area contributed by atoms with Crippen LogP contribution >= 0.6 is 11.6 Å². The molecule has 0 saturated carbocycles. The van der Waals surface area contributed by atoms with Crippen LogP contribution in [0.15, 0.2) is 66.9 Å². The molecule has 1 aromatic heterocycles. The van der Waals surface area contributed by atoms with Gasteiger partial charge in [-0.2, -0.15) is 0 Å². The van der Waals surface area contributed by atoms with Crippen LogP contribution in [0.5, 0.6) is 0 Å². The van der Waals surface area contributed by atoms with Crippen LogP contribution in [0.1, 0.15) is 36.6 Å². The smallest absolute Gasteiger partial charge is 0.261 e. The van der Waals surface area contributed by atoms with Gasteiger partial charge in [-0.25, -0.2) is 4.98 Å². The van der Waals surface area contributed by atoms with Crippen molar-refractivity contribution in [1.29, 1.82) is 0 Å². The average molecular weight is 461 g/mol. The molecule has 0 unspecified atom stereocenters. The molecule has 0 spiro atoms. The standard InChI is InChI=1S/C25H21ClN4O3/c26-19-8-9-22(27-15-19)28-10-12-29(13-11-28)23(31)18-5-3-4-17(14-18)16-30-24(32)20-6-1-2-7-21(20)25(30)33/h1-9,14-15H,10-13,16H2. The van der Waals surface area contributed by atoms with Crippen molar-refractivity contribution in [3.8, 4) is 0 Å². The van der Waals surface area contributed by atoms with Crippen LogP contribution in [0.2, 0.25) is 5.02 Å². The SMILES string of the molecule is O=C(c1cccc(CN2C(=O)c3ccccc3C2=O)c1)N1CCN(c2ccc(Cl)cn2)CC1. The molecule has 3 heterocycles. The van der Waals surface area contributed by atoms with E-state index in [1.807, 2.05) is 17.0 Å². The molecule has 5 rings (SSSR count). The van der Waals surface area contributed by atoms with Crippen molar-refractivity contribution in [2.45, 2.75) is 6.54 Å². The van der Waals surface area contributed by atoms with Gasteiger partial charge in [-0.3, -0.25) is 19.3 Å². The van der Waals surface area contributed by atoms with Crippen molar-refractivity contribution >= 4 is 35.1 Å². The number of imide groups is 1. The maximum absolute atomic E-state index is 13.1. The minimum atomic E-state index is -0.306. The first-order chi connectivity index (χ1) is 16.0. The molecule has 0 atom stereocenters. The summed E-state index contributed by atoms with van der Waals surface area (Å²) in [5, 5.41) is 0.591. The first-order valence-corrected chi connectivity index (χ1v) is 11.1. The second-order valence-corrected chi connectivity index (χ2v) is 8.49. The van der Waals surface area contributed by atoms with Crippen LogP contribution in [0.3, 0.4) is 0 Å². The third kappa shape index (κ3) is 4.07. The zero-order valence-corrected chi connectivity index (χ0v) is 18.5. The number of fused-ring (bicyclic) bond motifs is 1. The first-order valence-electron chi connectivity index (χ1n) is 10.7. The Bertz CT molecular complexity index is 1200. The van der Waals surface area contributed by atoms with Crippen LogP contribution in [0.4, 0.5) is 5.82 Å². The van der Waals surface area contributed by atoms with Gasteiger partial charge >= 0.3 is 0 Å². The van der Waals surface area contributed by atoms with Gasteiger partial charge in [-0.1, -0.05) is 35.9 Å². The number of carbonyl (C=O) groups is 3. The van der Waals surface area contributed by atoms with Crippen molar-refractivity contribution in [3.63, 3.8) is 0 Å². The first kappa shape index (κ1) is 21.2. The molecule has 8 heteroatoms. The minimum absolute atomic E-state index is 0.0667. The van der Waals surface area contributed by atoms with Crippen LogP contribution in [-0.2, 0) is 6.54 Å². The Hall–Kier alpha value is -3.71. The van der Waals surface area contributed by atoms with Gasteiger partial charge in [0, 0.05) is 37.9 Å². The summed E-state index contributed by atoms with van der Waals surface area (Å²) in [4.78, 5) is 47.9. The highest BCUT2D eigenvalue weighted by Crippen LogP contribution is 2.25. The monoisotopic (exact) mass is 460 g/mol. The molecular weight excluding hydrogens is 440 g/mol. The van der Waals surface area contributed by atoms with E-state index in [4.69, 9.17) is 11.6 Å². The third-order valence-corrected chi connectivity index (χ3v) is 6.22. The molecule has 1 fully saturated rings. The van der Waals surface area contributed by atoms with E-state index < -0.39 is 0 Å². The van der Waals surface area contributed by atoms with Gasteiger partial charge < -0.3 is 9.80 Å². The number of hydrogen-bond donors (Lipinski definition) is 0. The van der Waals surface area contributed by atoms with Crippen molar-refractivity contribution in [3.05, 3.63) is 94.1 Å². The minimum Gasteiger partial charge on any atom is -0.353 e. The molecule has 2 aliphatic heterocycles. The van der Waals surface area contributed by atoms with E-state index in [0.29, 0.717) is 47.9 Å². The Balaban J connectivity index is 1.25. The molecule has 0 N–H and O–H groups in total. The van der Waals surface area contributed by atoms with E-state index in [1.54, 1.807) is 54.7 Å². The predicted octanol–water partition coefficient (Wildman–Crippen LogP) is 3.49. The number of carbonyl (C=O) groups excluding carboxylic acids is 3. The number of pyridine rings is 1. The summed E-state index contributed by atoms with van der Waals surface area (Å²) in [5.74, 6) is 0.163. The van der Waals surface area contributed by atoms with E-state index in [2.05, 4.69) is 9.88 Å². The maximum atomic E-state index is 13.1. The Kier molecular flexibility index (Phi) is 5.56. The second-order valence-electron chi connectivity index (χ2n) is 8.06. The van der Waals surface area contributed by atoms with Gasteiger partial charge in [0.05, 0.1) is 22.7 Å². The number of benzene rings is 2. The topological polar surface area (TPSA) is 73.8 Å². The van der Waals surface area contributed by atoms with E-state index in [0.717, 1.165) is 11.4 Å². The van der Waals surface area contributed by atoms with Crippen molar-refractivity contribution in [2.75, 3.05) is 31.1 Å². The number of anilines is 1. The van der Waals surface area contributed by atoms with Gasteiger partial charge in [0.2, 0.25) is 0 Å². The fraction of sp³-hybridized carbons (Fsp3) is 0.200. The lowest BCUT2D eigenvalue weighted by Gasteiger charge is -2.35. The quantitative estimate of drug-likeness (QED) is 0.557. The lowest BCUT2D eigenvalue weighted by atomic mass is 10.1. The number of nitrogens with zero attached hydrogens (tertiary/aromatic N) is 4. The summed E-state index contributed by atoms with van der Waals surface area (Å²) in [6.45, 7) is 2.63. The molecule has 2 aromatic carbocycles. The zero-order chi connectivity index (χ0) is 22.9. The highest BCUT2D eigenvalue weighted by molar-refractivity contribution is 6.30. The summed E-state index contributed by atoms with van der Waals surface area (Å²) >= 11 is 5.91. The van der Waals surface area contributed by atoms with Gasteiger partial charge in [0.25, 0.3) is 17.7 Å². The van der Waals surface area contributed by atoms with E-state index in [1.165, 1.54) is 4.90 Å². The Morgan fingerprint density at radius 2 is 1.58 bits per heavy atom. The Morgan fingerprint density at radius 1 is 0.879 bits per heavy atom. The van der Waals surface area contributed by atoms with E-state index in [9.17, 15) is 14.4 Å². The molecule has 0 radical (unpaired) electrons. The Morgan fingerprint density at radius 3 is 2.21 bits per heavy atom. The Labute approximate surface area is 196 Å². The van der Waals surface area contributed by atoms with Gasteiger partial charge in [-0.15, -0.1) is 0 Å². The average Bonchev–Trinajstić information content (AvgIpc) is 3.09. The van der Waals surface area contributed by atoms with E-state index in [-0.39, 0.29) is 24.3 Å². The predicted molar refractivity (Wildman–Crippen MR) is 124 cm³/mol. The molecule has 33 heavy (non-hydrogen) atoms. The lowest BCUT2D eigenvalue weighted by molar-refractivity contribution is 0.0642. The van der Waals surface area contributed by atoms with Gasteiger partial charge in [-0.05, 0) is 42.0 Å². The highest BCUT2D eigenvalue weighted by atomic mass is 35.5. The molecule has 0 aliphatic carbocycles. The number of rotatable bonds is 4. The summed E-state index contributed by atoms with van der Waals surface area (Å²) in [7, 11) is 0. The molecule has 166 valence electrons. The van der Waals surface area contributed by atoms with Crippen molar-refractivity contribution < 1.29 is 14.4 Å². The second kappa shape index (κ2) is 8.67. The highest BCUT2D eigenvalue weighted by Gasteiger charge is 2.35. The van der Waals surface area contributed by atoms with Crippen LogP contribution < -0.4 is 4.90 Å². The molecular formula is C25H21ClN4O3. The molecule has 0 bridgehead atoms. The van der Waals surface area contributed by atoms with Crippen LogP contribution in [0.25, 0.3) is 0 Å². The number of aromatic nitrogens is 1. The van der Waals surface area contributed by atoms with E-state index >= 15 is 0 Å². The molecule has 3 amide bonds. The maximum Gasteiger partial charge on any atom is 0.261 e.